The summed E-state index contributed by atoms with van der Waals surface area (Å²) in [4.78, 5) is 24.0. The number of rotatable bonds is 5. The first-order valence-electron chi connectivity index (χ1n) is 8.13. The maximum absolute atomic E-state index is 12.5. The highest BCUT2D eigenvalue weighted by Crippen LogP contribution is 2.22. The van der Waals surface area contributed by atoms with E-state index in [-0.39, 0.29) is 24.7 Å². The molecule has 2 heterocycles. The minimum atomic E-state index is -3.49. The summed E-state index contributed by atoms with van der Waals surface area (Å²) in [5.74, 6) is -0.221. The first-order chi connectivity index (χ1) is 12.9. The molecule has 3 rings (SSSR count). The fourth-order valence-electron chi connectivity index (χ4n) is 2.67. The quantitative estimate of drug-likeness (QED) is 0.430. The van der Waals surface area contributed by atoms with Gasteiger partial charge in [-0.3, -0.25) is 14.9 Å². The molecule has 1 fully saturated rings. The lowest BCUT2D eigenvalue weighted by atomic mass is 10.2. The second-order valence-corrected chi connectivity index (χ2v) is 8.96. The normalized spacial score (nSPS) is 15.9. The third-order valence-corrected chi connectivity index (χ3v) is 7.43. The summed E-state index contributed by atoms with van der Waals surface area (Å²) in [6.45, 7) is 1.12. The molecule has 0 aliphatic carbocycles. The van der Waals surface area contributed by atoms with E-state index in [9.17, 15) is 23.3 Å². The van der Waals surface area contributed by atoms with Gasteiger partial charge in [0.05, 0.1) is 4.92 Å². The topological polar surface area (TPSA) is 101 Å². The maximum Gasteiger partial charge on any atom is 0.269 e. The Bertz CT molecular complexity index is 945. The van der Waals surface area contributed by atoms with Crippen molar-refractivity contribution in [2.24, 2.45) is 0 Å². The van der Waals surface area contributed by atoms with Crippen LogP contribution in [0, 0.1) is 10.1 Å². The molecular formula is C17H17N3O5S2. The van der Waals surface area contributed by atoms with Gasteiger partial charge in [-0.15, -0.1) is 11.3 Å². The van der Waals surface area contributed by atoms with Crippen LogP contribution in [0.5, 0.6) is 0 Å². The molecular weight excluding hydrogens is 390 g/mol. The summed E-state index contributed by atoms with van der Waals surface area (Å²) in [7, 11) is -3.49. The molecule has 1 amide bonds. The SMILES string of the molecule is O=C(/C=C/c1ccc([N+](=O)[O-])cc1)N1CCN(S(=O)(=O)c2cccs2)CC1. The molecule has 1 aliphatic heterocycles. The summed E-state index contributed by atoms with van der Waals surface area (Å²) in [6.07, 6.45) is 2.98. The van der Waals surface area contributed by atoms with E-state index < -0.39 is 14.9 Å². The number of thiophene rings is 1. The number of amides is 1. The Morgan fingerprint density at radius 2 is 1.78 bits per heavy atom. The van der Waals surface area contributed by atoms with Gasteiger partial charge in [-0.2, -0.15) is 4.31 Å². The second kappa shape index (κ2) is 7.99. The monoisotopic (exact) mass is 407 g/mol. The Labute approximate surface area is 160 Å². The van der Waals surface area contributed by atoms with E-state index in [2.05, 4.69) is 0 Å². The van der Waals surface area contributed by atoms with E-state index >= 15 is 0 Å². The van der Waals surface area contributed by atoms with E-state index in [0.717, 1.165) is 0 Å². The Balaban J connectivity index is 1.57. The molecule has 0 saturated carbocycles. The summed E-state index contributed by atoms with van der Waals surface area (Å²) >= 11 is 1.18. The van der Waals surface area contributed by atoms with Crippen molar-refractivity contribution in [3.05, 3.63) is 63.5 Å². The number of nitrogens with zero attached hydrogens (tertiary/aromatic N) is 3. The molecule has 142 valence electrons. The molecule has 1 aromatic carbocycles. The van der Waals surface area contributed by atoms with Gasteiger partial charge in [0.25, 0.3) is 15.7 Å². The zero-order valence-corrected chi connectivity index (χ0v) is 15.9. The van der Waals surface area contributed by atoms with Gasteiger partial charge in [0, 0.05) is 44.4 Å². The number of nitro benzene ring substituents is 1. The molecule has 0 atom stereocenters. The third kappa shape index (κ3) is 4.41. The van der Waals surface area contributed by atoms with Crippen molar-refractivity contribution in [3.63, 3.8) is 0 Å². The van der Waals surface area contributed by atoms with Crippen LogP contribution < -0.4 is 0 Å². The number of non-ortho nitro benzene ring substituents is 1. The van der Waals surface area contributed by atoms with Gasteiger partial charge in [0.1, 0.15) is 4.21 Å². The van der Waals surface area contributed by atoms with E-state index in [0.29, 0.717) is 22.9 Å². The van der Waals surface area contributed by atoms with Gasteiger partial charge in [-0.1, -0.05) is 6.07 Å². The molecule has 0 spiro atoms. The Morgan fingerprint density at radius 3 is 2.33 bits per heavy atom. The fraction of sp³-hybridized carbons (Fsp3) is 0.235. The van der Waals surface area contributed by atoms with Gasteiger partial charge < -0.3 is 4.90 Å². The van der Waals surface area contributed by atoms with Crippen LogP contribution in [0.4, 0.5) is 5.69 Å². The zero-order valence-electron chi connectivity index (χ0n) is 14.2. The summed E-state index contributed by atoms with van der Waals surface area (Å²) in [6, 6.07) is 9.14. The molecule has 2 aromatic rings. The molecule has 1 aromatic heterocycles. The Kier molecular flexibility index (Phi) is 5.68. The number of hydrogen-bond acceptors (Lipinski definition) is 6. The summed E-state index contributed by atoms with van der Waals surface area (Å²) in [5.41, 5.74) is 0.661. The van der Waals surface area contributed by atoms with Crippen molar-refractivity contribution in [1.29, 1.82) is 0 Å². The van der Waals surface area contributed by atoms with Crippen LogP contribution in [0.3, 0.4) is 0 Å². The second-order valence-electron chi connectivity index (χ2n) is 5.84. The highest BCUT2D eigenvalue weighted by Gasteiger charge is 2.30. The summed E-state index contributed by atoms with van der Waals surface area (Å²) < 4.78 is 26.7. The Morgan fingerprint density at radius 1 is 1.11 bits per heavy atom. The van der Waals surface area contributed by atoms with Crippen molar-refractivity contribution >= 4 is 39.0 Å². The average Bonchev–Trinajstić information content (AvgIpc) is 3.22. The molecule has 8 nitrogen and oxygen atoms in total. The van der Waals surface area contributed by atoms with Gasteiger partial charge >= 0.3 is 0 Å². The highest BCUT2D eigenvalue weighted by atomic mass is 32.2. The number of nitro groups is 1. The Hall–Kier alpha value is -2.56. The van der Waals surface area contributed by atoms with Crippen molar-refractivity contribution in [2.45, 2.75) is 4.21 Å². The van der Waals surface area contributed by atoms with Crippen molar-refractivity contribution in [1.82, 2.24) is 9.21 Å². The molecule has 1 aliphatic rings. The molecule has 27 heavy (non-hydrogen) atoms. The van der Waals surface area contributed by atoms with Crippen LogP contribution in [-0.4, -0.2) is 54.6 Å². The van der Waals surface area contributed by atoms with E-state index in [1.54, 1.807) is 40.6 Å². The number of piperazine rings is 1. The number of sulfonamides is 1. The third-order valence-electron chi connectivity index (χ3n) is 4.16. The van der Waals surface area contributed by atoms with Gasteiger partial charge in [0.15, 0.2) is 0 Å². The lowest BCUT2D eigenvalue weighted by Gasteiger charge is -2.33. The molecule has 1 saturated heterocycles. The van der Waals surface area contributed by atoms with Crippen LogP contribution in [0.25, 0.3) is 6.08 Å². The molecule has 0 unspecified atom stereocenters. The van der Waals surface area contributed by atoms with Gasteiger partial charge in [-0.25, -0.2) is 8.42 Å². The highest BCUT2D eigenvalue weighted by molar-refractivity contribution is 7.91. The van der Waals surface area contributed by atoms with Crippen LogP contribution in [-0.2, 0) is 14.8 Å². The van der Waals surface area contributed by atoms with Crippen LogP contribution in [0.2, 0.25) is 0 Å². The smallest absolute Gasteiger partial charge is 0.269 e. The average molecular weight is 407 g/mol. The minimum Gasteiger partial charge on any atom is -0.337 e. The standard InChI is InChI=1S/C17H17N3O5S2/c21-16(8-5-14-3-6-15(7-4-14)20(22)23)18-9-11-19(12-10-18)27(24,25)17-2-1-13-26-17/h1-8,13H,9-12H2/b8-5+. The largest absolute Gasteiger partial charge is 0.337 e. The van der Waals surface area contributed by atoms with Crippen molar-refractivity contribution < 1.29 is 18.1 Å². The number of carbonyl (C=O) groups excluding carboxylic acids is 1. The first-order valence-corrected chi connectivity index (χ1v) is 10.4. The first kappa shape index (κ1) is 19.2. The zero-order chi connectivity index (χ0) is 19.4. The van der Waals surface area contributed by atoms with Crippen molar-refractivity contribution in [3.8, 4) is 0 Å². The van der Waals surface area contributed by atoms with E-state index in [1.165, 1.54) is 33.9 Å². The summed E-state index contributed by atoms with van der Waals surface area (Å²) in [5, 5.41) is 12.4. The number of hydrogen-bond donors (Lipinski definition) is 0. The van der Waals surface area contributed by atoms with Crippen LogP contribution >= 0.6 is 11.3 Å². The number of carbonyl (C=O) groups is 1. The lowest BCUT2D eigenvalue weighted by Crippen LogP contribution is -2.50. The van der Waals surface area contributed by atoms with Crippen LogP contribution in [0.1, 0.15) is 5.56 Å². The lowest BCUT2D eigenvalue weighted by molar-refractivity contribution is -0.384. The minimum absolute atomic E-state index is 0.0125. The predicted molar refractivity (Wildman–Crippen MR) is 102 cm³/mol. The van der Waals surface area contributed by atoms with Crippen LogP contribution in [0.15, 0.2) is 52.1 Å². The predicted octanol–water partition coefficient (Wildman–Crippen LogP) is 2.20. The fourth-order valence-corrected chi connectivity index (χ4v) is 5.23. The molecule has 0 radical (unpaired) electrons. The van der Waals surface area contributed by atoms with Gasteiger partial charge in [-0.05, 0) is 35.2 Å². The maximum atomic E-state index is 12.5. The van der Waals surface area contributed by atoms with Crippen molar-refractivity contribution in [2.75, 3.05) is 26.2 Å². The van der Waals surface area contributed by atoms with E-state index in [4.69, 9.17) is 0 Å². The molecule has 10 heteroatoms. The molecule has 0 N–H and O–H groups in total. The molecule has 0 bridgehead atoms. The van der Waals surface area contributed by atoms with Gasteiger partial charge in [0.2, 0.25) is 5.91 Å². The number of benzene rings is 1. The van der Waals surface area contributed by atoms with E-state index in [1.807, 2.05) is 0 Å².